The van der Waals surface area contributed by atoms with Gasteiger partial charge in [0.2, 0.25) is 0 Å². The van der Waals surface area contributed by atoms with E-state index in [2.05, 4.69) is 5.32 Å². The van der Waals surface area contributed by atoms with Crippen LogP contribution in [0.4, 0.5) is 0 Å². The predicted octanol–water partition coefficient (Wildman–Crippen LogP) is 0.467. The summed E-state index contributed by atoms with van der Waals surface area (Å²) in [5.74, 6) is 0. The highest BCUT2D eigenvalue weighted by Gasteiger charge is 2.22. The van der Waals surface area contributed by atoms with Crippen molar-refractivity contribution in [1.29, 1.82) is 0 Å². The van der Waals surface area contributed by atoms with Crippen LogP contribution in [0, 0.1) is 0 Å². The maximum Gasteiger partial charge on any atom is 0.104 e. The van der Waals surface area contributed by atoms with E-state index in [0.717, 1.165) is 6.42 Å². The Morgan fingerprint density at radius 2 is 2.38 bits per heavy atom. The highest BCUT2D eigenvalue weighted by molar-refractivity contribution is 4.81. The van der Waals surface area contributed by atoms with Gasteiger partial charge in [0.15, 0.2) is 0 Å². The van der Waals surface area contributed by atoms with Crippen LogP contribution in [0.15, 0.2) is 0 Å². The summed E-state index contributed by atoms with van der Waals surface area (Å²) in [4.78, 5) is 0. The second kappa shape index (κ2) is 2.46. The molecule has 1 rings (SSSR count). The topological polar surface area (TPSA) is 32.3 Å². The minimum absolute atomic E-state index is 0.262. The zero-order chi connectivity index (χ0) is 5.98. The lowest BCUT2D eigenvalue weighted by molar-refractivity contribution is 0.131. The molecule has 1 unspecified atom stereocenters. The van der Waals surface area contributed by atoms with Crippen molar-refractivity contribution < 1.29 is 5.11 Å². The number of nitrogens with one attached hydrogen (secondary N) is 1. The Morgan fingerprint density at radius 3 is 2.75 bits per heavy atom. The molecule has 2 heteroatoms. The smallest absolute Gasteiger partial charge is 0.104 e. The normalized spacial score (nSPS) is 23.2. The Morgan fingerprint density at radius 1 is 1.75 bits per heavy atom. The molecular formula is C6H13NO. The first-order chi connectivity index (χ1) is 3.83. The molecule has 8 heavy (non-hydrogen) atoms. The maximum atomic E-state index is 8.96. The molecule has 1 aliphatic carbocycles. The average Bonchev–Trinajstić information content (AvgIpc) is 2.50. The van der Waals surface area contributed by atoms with Crippen molar-refractivity contribution in [2.45, 2.75) is 38.5 Å². The summed E-state index contributed by atoms with van der Waals surface area (Å²) in [6, 6.07) is 0.630. The molecule has 48 valence electrons. The van der Waals surface area contributed by atoms with Gasteiger partial charge >= 0.3 is 0 Å². The maximum absolute atomic E-state index is 8.96. The van der Waals surface area contributed by atoms with Gasteiger partial charge in [0.05, 0.1) is 0 Å². The van der Waals surface area contributed by atoms with E-state index < -0.39 is 0 Å². The quantitative estimate of drug-likeness (QED) is 0.524. The second-order valence-electron chi connectivity index (χ2n) is 2.36. The van der Waals surface area contributed by atoms with Crippen LogP contribution in [0.5, 0.6) is 0 Å². The first kappa shape index (κ1) is 6.05. The first-order valence-corrected chi connectivity index (χ1v) is 3.27. The third-order valence-corrected chi connectivity index (χ3v) is 1.39. The molecule has 0 aromatic rings. The molecule has 0 spiro atoms. The third kappa shape index (κ3) is 1.80. The molecule has 0 heterocycles. The first-order valence-electron chi connectivity index (χ1n) is 3.27. The van der Waals surface area contributed by atoms with E-state index in [4.69, 9.17) is 5.11 Å². The van der Waals surface area contributed by atoms with E-state index in [-0.39, 0.29) is 6.23 Å². The average molecular weight is 115 g/mol. The zero-order valence-electron chi connectivity index (χ0n) is 5.22. The standard InChI is InChI=1S/C6H13NO/c1-2-6(8)7-5-3-4-5/h5-8H,2-4H2,1H3. The summed E-state index contributed by atoms with van der Waals surface area (Å²) in [7, 11) is 0. The van der Waals surface area contributed by atoms with Crippen LogP contribution in [0.2, 0.25) is 0 Å². The van der Waals surface area contributed by atoms with Gasteiger partial charge < -0.3 is 5.11 Å². The van der Waals surface area contributed by atoms with Crippen LogP contribution in [0.3, 0.4) is 0 Å². The van der Waals surface area contributed by atoms with Crippen molar-refractivity contribution >= 4 is 0 Å². The van der Waals surface area contributed by atoms with Gasteiger partial charge in [-0.15, -0.1) is 0 Å². The molecule has 1 saturated carbocycles. The highest BCUT2D eigenvalue weighted by Crippen LogP contribution is 2.19. The van der Waals surface area contributed by atoms with Gasteiger partial charge in [0, 0.05) is 6.04 Å². The van der Waals surface area contributed by atoms with E-state index in [9.17, 15) is 0 Å². The van der Waals surface area contributed by atoms with Crippen LogP contribution >= 0.6 is 0 Å². The molecule has 0 aromatic heterocycles. The zero-order valence-corrected chi connectivity index (χ0v) is 5.22. The van der Waals surface area contributed by atoms with Crippen molar-refractivity contribution in [1.82, 2.24) is 5.32 Å². The fraction of sp³-hybridized carbons (Fsp3) is 1.00. The van der Waals surface area contributed by atoms with E-state index >= 15 is 0 Å². The highest BCUT2D eigenvalue weighted by atomic mass is 16.3. The number of aliphatic hydroxyl groups is 1. The van der Waals surface area contributed by atoms with Crippen molar-refractivity contribution in [2.24, 2.45) is 0 Å². The summed E-state index contributed by atoms with van der Waals surface area (Å²) in [6.07, 6.45) is 3.05. The van der Waals surface area contributed by atoms with E-state index in [0.29, 0.717) is 6.04 Å². The fourth-order valence-electron chi connectivity index (χ4n) is 0.640. The van der Waals surface area contributed by atoms with Crippen molar-refractivity contribution in [3.63, 3.8) is 0 Å². The molecule has 1 atom stereocenters. The van der Waals surface area contributed by atoms with Gasteiger partial charge in [-0.3, -0.25) is 5.32 Å². The van der Waals surface area contributed by atoms with Gasteiger partial charge in [-0.25, -0.2) is 0 Å². The summed E-state index contributed by atoms with van der Waals surface area (Å²) in [5, 5.41) is 12.0. The van der Waals surface area contributed by atoms with E-state index in [1.54, 1.807) is 0 Å². The Hall–Kier alpha value is -0.0800. The molecule has 1 fully saturated rings. The lowest BCUT2D eigenvalue weighted by Crippen LogP contribution is -2.29. The van der Waals surface area contributed by atoms with Crippen molar-refractivity contribution in [2.75, 3.05) is 0 Å². The molecule has 2 nitrogen and oxygen atoms in total. The van der Waals surface area contributed by atoms with Gasteiger partial charge in [0.1, 0.15) is 6.23 Å². The predicted molar refractivity (Wildman–Crippen MR) is 32.5 cm³/mol. The minimum atomic E-state index is -0.262. The molecule has 0 aromatic carbocycles. The fourth-order valence-corrected chi connectivity index (χ4v) is 0.640. The summed E-state index contributed by atoms with van der Waals surface area (Å²) < 4.78 is 0. The molecular weight excluding hydrogens is 102 g/mol. The molecule has 0 bridgehead atoms. The van der Waals surface area contributed by atoms with Gasteiger partial charge in [-0.1, -0.05) is 6.92 Å². The van der Waals surface area contributed by atoms with Crippen LogP contribution in [0.25, 0.3) is 0 Å². The van der Waals surface area contributed by atoms with E-state index in [1.807, 2.05) is 6.92 Å². The summed E-state index contributed by atoms with van der Waals surface area (Å²) >= 11 is 0. The molecule has 0 radical (unpaired) electrons. The van der Waals surface area contributed by atoms with Crippen molar-refractivity contribution in [3.8, 4) is 0 Å². The molecule has 0 saturated heterocycles. The SMILES string of the molecule is CCC(O)NC1CC1. The number of aliphatic hydroxyl groups excluding tert-OH is 1. The van der Waals surface area contributed by atoms with Crippen LogP contribution in [-0.4, -0.2) is 17.4 Å². The van der Waals surface area contributed by atoms with Crippen molar-refractivity contribution in [3.05, 3.63) is 0 Å². The lowest BCUT2D eigenvalue weighted by Gasteiger charge is -2.07. The van der Waals surface area contributed by atoms with Crippen LogP contribution in [0.1, 0.15) is 26.2 Å². The summed E-state index contributed by atoms with van der Waals surface area (Å²) in [5.41, 5.74) is 0. The Kier molecular flexibility index (Phi) is 1.86. The second-order valence-corrected chi connectivity index (χ2v) is 2.36. The molecule has 0 aliphatic heterocycles. The Bertz CT molecular complexity index is 70.9. The van der Waals surface area contributed by atoms with Crippen LogP contribution in [-0.2, 0) is 0 Å². The van der Waals surface area contributed by atoms with Gasteiger partial charge in [0.25, 0.3) is 0 Å². The number of hydrogen-bond acceptors (Lipinski definition) is 2. The molecule has 2 N–H and O–H groups in total. The Balaban J connectivity index is 1.98. The van der Waals surface area contributed by atoms with Gasteiger partial charge in [-0.2, -0.15) is 0 Å². The third-order valence-electron chi connectivity index (χ3n) is 1.39. The molecule has 0 amide bonds. The van der Waals surface area contributed by atoms with E-state index in [1.165, 1.54) is 12.8 Å². The number of hydrogen-bond donors (Lipinski definition) is 2. The number of rotatable bonds is 3. The summed E-state index contributed by atoms with van der Waals surface area (Å²) in [6.45, 7) is 1.97. The largest absolute Gasteiger partial charge is 0.379 e. The van der Waals surface area contributed by atoms with Crippen LogP contribution < -0.4 is 5.32 Å². The van der Waals surface area contributed by atoms with Gasteiger partial charge in [-0.05, 0) is 19.3 Å². The minimum Gasteiger partial charge on any atom is -0.379 e. The Labute approximate surface area is 49.9 Å². The lowest BCUT2D eigenvalue weighted by atomic mass is 10.4. The molecule has 1 aliphatic rings. The monoisotopic (exact) mass is 115 g/mol.